The quantitative estimate of drug-likeness (QED) is 0.160. The number of amides is 1. The van der Waals surface area contributed by atoms with Gasteiger partial charge in [0.15, 0.2) is 11.0 Å². The van der Waals surface area contributed by atoms with E-state index in [-0.39, 0.29) is 36.3 Å². The molecule has 4 rings (SSSR count). The molecule has 0 aliphatic rings. The van der Waals surface area contributed by atoms with Crippen molar-refractivity contribution >= 4 is 40.3 Å². The van der Waals surface area contributed by atoms with E-state index in [9.17, 15) is 9.59 Å². The number of hydrogen-bond acceptors (Lipinski definition) is 9. The maximum Gasteiger partial charge on any atom is 0.376 e. The number of nitrogens with one attached hydrogen (secondary N) is 1. The fraction of sp³-hybridized carbons (Fsp3) is 0.231. The molecule has 0 atom stereocenters. The first-order valence-electron chi connectivity index (χ1n) is 11.4. The number of thioether (sulfide) groups is 1. The van der Waals surface area contributed by atoms with Crippen LogP contribution in [0.5, 0.6) is 11.5 Å². The summed E-state index contributed by atoms with van der Waals surface area (Å²) in [6, 6.07) is 14.3. The first-order valence-corrected chi connectivity index (χ1v) is 12.4. The lowest BCUT2D eigenvalue weighted by Crippen LogP contribution is -2.17. The normalized spacial score (nSPS) is 10.8. The van der Waals surface area contributed by atoms with Crippen molar-refractivity contribution in [2.24, 2.45) is 0 Å². The Kier molecular flexibility index (Phi) is 8.47. The number of rotatable bonds is 12. The summed E-state index contributed by atoms with van der Waals surface area (Å²) in [4.78, 5) is 25.3. The molecule has 2 heterocycles. The van der Waals surface area contributed by atoms with Gasteiger partial charge < -0.3 is 23.9 Å². The first-order chi connectivity index (χ1) is 18.0. The van der Waals surface area contributed by atoms with E-state index in [2.05, 4.69) is 22.1 Å². The van der Waals surface area contributed by atoms with Crippen LogP contribution in [-0.4, -0.2) is 46.1 Å². The minimum Gasteiger partial charge on any atom is -0.497 e. The van der Waals surface area contributed by atoms with Crippen LogP contribution in [0.2, 0.25) is 0 Å². The summed E-state index contributed by atoms with van der Waals surface area (Å²) < 4.78 is 23.5. The summed E-state index contributed by atoms with van der Waals surface area (Å²) >= 11 is 1.20. The average Bonchev–Trinajstić information content (AvgIpc) is 3.48. The molecule has 4 aromatic rings. The predicted molar refractivity (Wildman–Crippen MR) is 139 cm³/mol. The first kappa shape index (κ1) is 25.8. The van der Waals surface area contributed by atoms with Crippen LogP contribution in [0, 0.1) is 0 Å². The summed E-state index contributed by atoms with van der Waals surface area (Å²) in [6.07, 6.45) is 1.72. The zero-order valence-electron chi connectivity index (χ0n) is 20.4. The number of fused-ring (bicyclic) bond motifs is 1. The Labute approximate surface area is 217 Å². The molecule has 0 saturated heterocycles. The van der Waals surface area contributed by atoms with Gasteiger partial charge in [-0.25, -0.2) is 4.79 Å². The number of ether oxygens (including phenoxy) is 3. The Morgan fingerprint density at radius 2 is 1.89 bits per heavy atom. The van der Waals surface area contributed by atoms with Gasteiger partial charge in [0.1, 0.15) is 29.4 Å². The molecule has 11 heteroatoms. The molecule has 10 nitrogen and oxygen atoms in total. The Morgan fingerprint density at radius 1 is 1.14 bits per heavy atom. The standard InChI is InChI=1S/C26H26N4O6S/c1-4-14-30-21(15-35-18-12-10-17(33-3)11-13-18)28-29-26(30)37-16-22(31)27-23-19-8-6-7-9-20(19)36-24(23)25(32)34-5-2/h4,6-13H,1,5,14-16H2,2-3H3,(H,27,31). The molecule has 0 aliphatic carbocycles. The van der Waals surface area contributed by atoms with Crippen LogP contribution >= 0.6 is 11.8 Å². The fourth-order valence-electron chi connectivity index (χ4n) is 3.48. The second-order valence-corrected chi connectivity index (χ2v) is 8.56. The van der Waals surface area contributed by atoms with E-state index in [1.54, 1.807) is 68.6 Å². The Morgan fingerprint density at radius 3 is 2.62 bits per heavy atom. The number of esters is 1. The maximum atomic E-state index is 12.9. The van der Waals surface area contributed by atoms with Crippen LogP contribution < -0.4 is 14.8 Å². The van der Waals surface area contributed by atoms with Gasteiger partial charge in [0.2, 0.25) is 11.7 Å². The molecule has 0 aliphatic heterocycles. The number of para-hydroxylation sites is 1. The molecule has 2 aromatic carbocycles. The maximum absolute atomic E-state index is 12.9. The number of allylic oxidation sites excluding steroid dienone is 1. The number of carbonyl (C=O) groups is 2. The topological polar surface area (TPSA) is 118 Å². The number of nitrogens with zero attached hydrogens (tertiary/aromatic N) is 3. The van der Waals surface area contributed by atoms with Crippen molar-refractivity contribution in [3.63, 3.8) is 0 Å². The number of furan rings is 1. The predicted octanol–water partition coefficient (Wildman–Crippen LogP) is 4.71. The van der Waals surface area contributed by atoms with E-state index in [0.29, 0.717) is 34.2 Å². The minimum atomic E-state index is -0.645. The monoisotopic (exact) mass is 522 g/mol. The smallest absolute Gasteiger partial charge is 0.376 e. The fourth-order valence-corrected chi connectivity index (χ4v) is 4.25. The van der Waals surface area contributed by atoms with Crippen LogP contribution in [0.25, 0.3) is 11.0 Å². The second kappa shape index (κ2) is 12.1. The van der Waals surface area contributed by atoms with Crippen LogP contribution in [0.3, 0.4) is 0 Å². The number of aromatic nitrogens is 3. The highest BCUT2D eigenvalue weighted by molar-refractivity contribution is 7.99. The summed E-state index contributed by atoms with van der Waals surface area (Å²) in [5, 5.41) is 12.4. The number of hydrogen-bond donors (Lipinski definition) is 1. The second-order valence-electron chi connectivity index (χ2n) is 7.62. The summed E-state index contributed by atoms with van der Waals surface area (Å²) in [7, 11) is 1.60. The molecule has 0 saturated carbocycles. The SMILES string of the molecule is C=CCn1c(COc2ccc(OC)cc2)nnc1SCC(=O)Nc1c(C(=O)OCC)oc2ccccc12. The summed E-state index contributed by atoms with van der Waals surface area (Å²) in [5.74, 6) is 0.971. The van der Waals surface area contributed by atoms with Gasteiger partial charge in [-0.2, -0.15) is 0 Å². The van der Waals surface area contributed by atoms with E-state index >= 15 is 0 Å². The van der Waals surface area contributed by atoms with Crippen molar-refractivity contribution in [3.05, 3.63) is 72.8 Å². The number of carbonyl (C=O) groups excluding carboxylic acids is 2. The van der Waals surface area contributed by atoms with Gasteiger partial charge in [0, 0.05) is 11.9 Å². The molecule has 1 N–H and O–H groups in total. The van der Waals surface area contributed by atoms with E-state index in [4.69, 9.17) is 18.6 Å². The van der Waals surface area contributed by atoms with Crippen molar-refractivity contribution in [2.45, 2.75) is 25.2 Å². The van der Waals surface area contributed by atoms with Crippen molar-refractivity contribution in [1.82, 2.24) is 14.8 Å². The number of anilines is 1. The van der Waals surface area contributed by atoms with E-state index in [1.165, 1.54) is 11.8 Å². The van der Waals surface area contributed by atoms with E-state index < -0.39 is 5.97 Å². The van der Waals surface area contributed by atoms with Crippen molar-refractivity contribution in [3.8, 4) is 11.5 Å². The Balaban J connectivity index is 1.44. The molecule has 0 radical (unpaired) electrons. The molecule has 0 spiro atoms. The van der Waals surface area contributed by atoms with Crippen molar-refractivity contribution in [1.29, 1.82) is 0 Å². The average molecular weight is 523 g/mol. The number of methoxy groups -OCH3 is 1. The zero-order chi connectivity index (χ0) is 26.2. The third-order valence-electron chi connectivity index (χ3n) is 5.19. The lowest BCUT2D eigenvalue weighted by molar-refractivity contribution is -0.113. The van der Waals surface area contributed by atoms with Crippen molar-refractivity contribution < 1.29 is 28.2 Å². The summed E-state index contributed by atoms with van der Waals surface area (Å²) in [6.45, 7) is 6.31. The third-order valence-corrected chi connectivity index (χ3v) is 6.15. The molecule has 192 valence electrons. The van der Waals surface area contributed by atoms with Gasteiger partial charge in [-0.3, -0.25) is 9.36 Å². The van der Waals surface area contributed by atoms with Gasteiger partial charge >= 0.3 is 5.97 Å². The highest BCUT2D eigenvalue weighted by Crippen LogP contribution is 2.32. The minimum absolute atomic E-state index is 0.0242. The van der Waals surface area contributed by atoms with Crippen LogP contribution in [0.1, 0.15) is 23.3 Å². The van der Waals surface area contributed by atoms with E-state index in [0.717, 1.165) is 5.75 Å². The van der Waals surface area contributed by atoms with Gasteiger partial charge in [-0.15, -0.1) is 16.8 Å². The molecular weight excluding hydrogens is 496 g/mol. The molecule has 0 unspecified atom stereocenters. The lowest BCUT2D eigenvalue weighted by Gasteiger charge is -2.10. The largest absolute Gasteiger partial charge is 0.497 e. The van der Waals surface area contributed by atoms with Crippen LogP contribution in [-0.2, 0) is 22.7 Å². The molecule has 1 amide bonds. The summed E-state index contributed by atoms with van der Waals surface area (Å²) in [5.41, 5.74) is 0.751. The molecule has 0 bridgehead atoms. The number of benzene rings is 2. The lowest BCUT2D eigenvalue weighted by atomic mass is 10.2. The Hall–Kier alpha value is -4.25. The van der Waals surface area contributed by atoms with E-state index in [1.807, 2.05) is 4.57 Å². The van der Waals surface area contributed by atoms with Gasteiger partial charge in [-0.1, -0.05) is 30.0 Å². The van der Waals surface area contributed by atoms with Gasteiger partial charge in [0.25, 0.3) is 0 Å². The zero-order valence-corrected chi connectivity index (χ0v) is 21.2. The van der Waals surface area contributed by atoms with Crippen LogP contribution in [0.4, 0.5) is 5.69 Å². The Bertz CT molecular complexity index is 1400. The van der Waals surface area contributed by atoms with Crippen molar-refractivity contribution in [2.75, 3.05) is 24.8 Å². The highest BCUT2D eigenvalue weighted by atomic mass is 32.2. The molecule has 37 heavy (non-hydrogen) atoms. The molecular formula is C26H26N4O6S. The third kappa shape index (κ3) is 6.12. The molecule has 2 aromatic heterocycles. The molecule has 0 fully saturated rings. The van der Waals surface area contributed by atoms with Crippen LogP contribution in [0.15, 0.2) is 70.8 Å². The van der Waals surface area contributed by atoms with Gasteiger partial charge in [-0.05, 0) is 43.3 Å². The van der Waals surface area contributed by atoms with Gasteiger partial charge in [0.05, 0.1) is 19.5 Å². The highest BCUT2D eigenvalue weighted by Gasteiger charge is 2.23.